The molecule has 160 valence electrons. The van der Waals surface area contributed by atoms with E-state index in [-0.39, 0.29) is 28.8 Å². The third-order valence-electron chi connectivity index (χ3n) is 5.81. The number of nitriles is 1. The molecule has 0 spiro atoms. The maximum absolute atomic E-state index is 14.3. The number of anilines is 1. The van der Waals surface area contributed by atoms with Crippen LogP contribution in [0.3, 0.4) is 0 Å². The Kier molecular flexibility index (Phi) is 5.96. The molecule has 2 aromatic heterocycles. The first kappa shape index (κ1) is 20.9. The maximum Gasteiger partial charge on any atom is 0.255 e. The first-order chi connectivity index (χ1) is 15.0. The molecular weight excluding hydrogens is 397 g/mol. The molecule has 0 radical (unpaired) electrons. The number of pyridine rings is 1. The van der Waals surface area contributed by atoms with Gasteiger partial charge in [-0.15, -0.1) is 0 Å². The van der Waals surface area contributed by atoms with Gasteiger partial charge in [-0.2, -0.15) is 5.26 Å². The van der Waals surface area contributed by atoms with Crippen LogP contribution in [0.15, 0.2) is 52.6 Å². The molecule has 2 unspecified atom stereocenters. The highest BCUT2D eigenvalue weighted by Gasteiger charge is 2.27. The lowest BCUT2D eigenvalue weighted by atomic mass is 9.87. The zero-order valence-corrected chi connectivity index (χ0v) is 17.6. The monoisotopic (exact) mass is 421 g/mol. The van der Waals surface area contributed by atoms with E-state index in [1.165, 1.54) is 22.9 Å². The van der Waals surface area contributed by atoms with E-state index in [0.717, 1.165) is 30.2 Å². The number of aromatic nitrogens is 3. The van der Waals surface area contributed by atoms with E-state index >= 15 is 0 Å². The summed E-state index contributed by atoms with van der Waals surface area (Å²) < 4.78 is 21.9. The molecule has 1 saturated heterocycles. The van der Waals surface area contributed by atoms with E-state index in [2.05, 4.69) is 16.0 Å². The Morgan fingerprint density at radius 2 is 2.19 bits per heavy atom. The van der Waals surface area contributed by atoms with Gasteiger partial charge in [-0.3, -0.25) is 14.3 Å². The SMILES string of the molecule is CC1CC(C2CN(c3nc(-c4ccncc4F)cc(=O)n3C)CCCO2)=CC=C1C#N. The molecule has 7 nitrogen and oxygen atoms in total. The van der Waals surface area contributed by atoms with Crippen molar-refractivity contribution >= 4 is 5.95 Å². The smallest absolute Gasteiger partial charge is 0.255 e. The first-order valence-electron chi connectivity index (χ1n) is 10.3. The van der Waals surface area contributed by atoms with Crippen molar-refractivity contribution in [3.63, 3.8) is 0 Å². The van der Waals surface area contributed by atoms with Crippen LogP contribution in [-0.4, -0.2) is 40.3 Å². The molecule has 1 aliphatic heterocycles. The summed E-state index contributed by atoms with van der Waals surface area (Å²) in [7, 11) is 1.67. The fourth-order valence-electron chi connectivity index (χ4n) is 4.04. The van der Waals surface area contributed by atoms with Crippen molar-refractivity contribution in [2.24, 2.45) is 13.0 Å². The Hall–Kier alpha value is -3.31. The van der Waals surface area contributed by atoms with E-state index < -0.39 is 5.82 Å². The molecule has 1 fully saturated rings. The number of ether oxygens (including phenoxy) is 1. The predicted octanol–water partition coefficient (Wildman–Crippen LogP) is 2.99. The molecule has 2 atom stereocenters. The van der Waals surface area contributed by atoms with Crippen molar-refractivity contribution in [1.82, 2.24) is 14.5 Å². The lowest BCUT2D eigenvalue weighted by molar-refractivity contribution is 0.0896. The molecule has 0 amide bonds. The van der Waals surface area contributed by atoms with Crippen molar-refractivity contribution in [3.8, 4) is 17.3 Å². The van der Waals surface area contributed by atoms with E-state index in [9.17, 15) is 14.4 Å². The Bertz CT molecular complexity index is 1150. The number of nitrogens with zero attached hydrogens (tertiary/aromatic N) is 5. The van der Waals surface area contributed by atoms with Crippen LogP contribution in [0.5, 0.6) is 0 Å². The zero-order valence-electron chi connectivity index (χ0n) is 17.6. The van der Waals surface area contributed by atoms with Gasteiger partial charge in [0.15, 0.2) is 5.82 Å². The molecule has 2 aliphatic rings. The van der Waals surface area contributed by atoms with Crippen LogP contribution in [-0.2, 0) is 11.8 Å². The van der Waals surface area contributed by atoms with E-state index in [4.69, 9.17) is 4.74 Å². The second-order valence-corrected chi connectivity index (χ2v) is 7.93. The molecular formula is C23H24FN5O2. The van der Waals surface area contributed by atoms with E-state index in [1.807, 2.05) is 24.0 Å². The summed E-state index contributed by atoms with van der Waals surface area (Å²) in [6.45, 7) is 3.82. The van der Waals surface area contributed by atoms with Crippen molar-refractivity contribution in [2.45, 2.75) is 25.9 Å². The minimum Gasteiger partial charge on any atom is -0.372 e. The molecule has 0 bridgehead atoms. The number of rotatable bonds is 3. The molecule has 0 saturated carbocycles. The fraction of sp³-hybridized carbons (Fsp3) is 0.391. The van der Waals surface area contributed by atoms with Crippen LogP contribution in [0.2, 0.25) is 0 Å². The largest absolute Gasteiger partial charge is 0.372 e. The first-order valence-corrected chi connectivity index (χ1v) is 10.3. The van der Waals surface area contributed by atoms with Crippen molar-refractivity contribution in [3.05, 3.63) is 64.0 Å². The van der Waals surface area contributed by atoms with Gasteiger partial charge in [0.25, 0.3) is 5.56 Å². The standard InChI is InChI=1S/C23H24FN5O2/c1-15-10-16(4-5-17(15)12-25)21-14-29(8-3-9-31-21)23-27-20(11-22(30)28(23)2)18-6-7-26-13-19(18)24/h4-7,11,13,15,21H,3,8-10,14H2,1-2H3. The second-order valence-electron chi connectivity index (χ2n) is 7.93. The normalized spacial score (nSPS) is 21.7. The number of hydrogen-bond acceptors (Lipinski definition) is 6. The van der Waals surface area contributed by atoms with Gasteiger partial charge in [0, 0.05) is 43.6 Å². The molecule has 2 aromatic rings. The Morgan fingerprint density at radius 1 is 1.35 bits per heavy atom. The summed E-state index contributed by atoms with van der Waals surface area (Å²) in [5, 5.41) is 9.23. The lowest BCUT2D eigenvalue weighted by Gasteiger charge is -2.29. The maximum atomic E-state index is 14.3. The summed E-state index contributed by atoms with van der Waals surface area (Å²) in [5.74, 6) is 0.102. The summed E-state index contributed by atoms with van der Waals surface area (Å²) >= 11 is 0. The highest BCUT2D eigenvalue weighted by atomic mass is 19.1. The van der Waals surface area contributed by atoms with E-state index in [0.29, 0.717) is 25.6 Å². The van der Waals surface area contributed by atoms with Crippen LogP contribution in [0.4, 0.5) is 10.3 Å². The highest BCUT2D eigenvalue weighted by molar-refractivity contribution is 5.60. The Labute approximate surface area is 180 Å². The molecule has 8 heteroatoms. The van der Waals surface area contributed by atoms with Gasteiger partial charge in [-0.1, -0.05) is 13.0 Å². The lowest BCUT2D eigenvalue weighted by Crippen LogP contribution is -2.37. The number of allylic oxidation sites excluding steroid dienone is 3. The van der Waals surface area contributed by atoms with Gasteiger partial charge in [0.2, 0.25) is 5.95 Å². The van der Waals surface area contributed by atoms with Crippen LogP contribution < -0.4 is 10.5 Å². The van der Waals surface area contributed by atoms with E-state index in [1.54, 1.807) is 7.05 Å². The molecule has 1 aliphatic carbocycles. The minimum absolute atomic E-state index is 0.144. The molecule has 0 aromatic carbocycles. The summed E-state index contributed by atoms with van der Waals surface area (Å²) in [6, 6.07) is 5.10. The topological polar surface area (TPSA) is 84.0 Å². The van der Waals surface area contributed by atoms with Crippen LogP contribution in [0.25, 0.3) is 11.3 Å². The van der Waals surface area contributed by atoms with Gasteiger partial charge >= 0.3 is 0 Å². The average Bonchev–Trinajstić information content (AvgIpc) is 3.02. The van der Waals surface area contributed by atoms with Crippen LogP contribution in [0, 0.1) is 23.1 Å². The van der Waals surface area contributed by atoms with Gasteiger partial charge in [0.05, 0.1) is 30.6 Å². The van der Waals surface area contributed by atoms with Crippen LogP contribution >= 0.6 is 0 Å². The third kappa shape index (κ3) is 4.28. The van der Waals surface area contributed by atoms with Gasteiger partial charge in [0.1, 0.15) is 0 Å². The van der Waals surface area contributed by atoms with Gasteiger partial charge in [-0.25, -0.2) is 9.37 Å². The number of hydrogen-bond donors (Lipinski definition) is 0. The molecule has 31 heavy (non-hydrogen) atoms. The van der Waals surface area contributed by atoms with Gasteiger partial charge < -0.3 is 9.64 Å². The highest BCUT2D eigenvalue weighted by Crippen LogP contribution is 2.30. The van der Waals surface area contributed by atoms with Crippen LogP contribution in [0.1, 0.15) is 19.8 Å². The average molecular weight is 421 g/mol. The second kappa shape index (κ2) is 8.82. The predicted molar refractivity (Wildman–Crippen MR) is 115 cm³/mol. The quantitative estimate of drug-likeness (QED) is 0.758. The number of halogens is 1. The summed E-state index contributed by atoms with van der Waals surface area (Å²) in [6.07, 6.45) is 7.80. The third-order valence-corrected chi connectivity index (χ3v) is 5.81. The summed E-state index contributed by atoms with van der Waals surface area (Å²) in [5.41, 5.74) is 2.16. The van der Waals surface area contributed by atoms with Crippen molar-refractivity contribution in [2.75, 3.05) is 24.6 Å². The summed E-state index contributed by atoms with van der Waals surface area (Å²) in [4.78, 5) is 23.1. The minimum atomic E-state index is -0.521. The molecule has 0 N–H and O–H groups in total. The fourth-order valence-corrected chi connectivity index (χ4v) is 4.04. The zero-order chi connectivity index (χ0) is 22.0. The van der Waals surface area contributed by atoms with Crippen molar-refractivity contribution in [1.29, 1.82) is 5.26 Å². The molecule has 3 heterocycles. The van der Waals surface area contributed by atoms with Gasteiger partial charge in [-0.05, 0) is 36.5 Å². The Balaban J connectivity index is 1.68. The van der Waals surface area contributed by atoms with Crippen molar-refractivity contribution < 1.29 is 9.13 Å². The molecule has 4 rings (SSSR count). The Morgan fingerprint density at radius 3 is 2.94 bits per heavy atom.